The highest BCUT2D eigenvalue weighted by Gasteiger charge is 2.17. The Morgan fingerprint density at radius 1 is 1.21 bits per heavy atom. The first-order valence-electron chi connectivity index (χ1n) is 7.45. The lowest BCUT2D eigenvalue weighted by molar-refractivity contribution is 0.407. The fourth-order valence-electron chi connectivity index (χ4n) is 2.66. The molecule has 6 nitrogen and oxygen atoms in total. The first-order valence-corrected chi connectivity index (χ1v) is 8.77. The van der Waals surface area contributed by atoms with Gasteiger partial charge < -0.3 is 14.5 Å². The van der Waals surface area contributed by atoms with Gasteiger partial charge in [-0.1, -0.05) is 6.07 Å². The Hall–Kier alpha value is -2.41. The van der Waals surface area contributed by atoms with Gasteiger partial charge in [-0.25, -0.2) is 4.98 Å². The smallest absolute Gasteiger partial charge is 0.197 e. The van der Waals surface area contributed by atoms with Crippen LogP contribution >= 0.6 is 0 Å². The molecule has 7 heteroatoms. The molecule has 1 unspecified atom stereocenters. The Labute approximate surface area is 142 Å². The van der Waals surface area contributed by atoms with Gasteiger partial charge in [0.2, 0.25) is 0 Å². The zero-order valence-electron chi connectivity index (χ0n) is 14.0. The minimum absolute atomic E-state index is 0.268. The molecule has 2 aromatic heterocycles. The molecule has 2 heterocycles. The van der Waals surface area contributed by atoms with E-state index >= 15 is 0 Å². The average molecular weight is 345 g/mol. The van der Waals surface area contributed by atoms with Crippen LogP contribution in [0, 0.1) is 13.8 Å². The summed E-state index contributed by atoms with van der Waals surface area (Å²) in [7, 11) is 1.87. The maximum Gasteiger partial charge on any atom is 0.197 e. The number of H-pyrrole nitrogens is 1. The number of aryl methyl sites for hydroxylation is 1. The van der Waals surface area contributed by atoms with Gasteiger partial charge in [-0.3, -0.25) is 9.19 Å². The Morgan fingerprint density at radius 2 is 2.00 bits per heavy atom. The lowest BCUT2D eigenvalue weighted by Crippen LogP contribution is -2.05. The van der Waals surface area contributed by atoms with Gasteiger partial charge in [-0.05, 0) is 26.0 Å². The molecule has 1 atom stereocenters. The molecule has 0 fully saturated rings. The van der Waals surface area contributed by atoms with Crippen LogP contribution in [-0.2, 0) is 16.6 Å². The monoisotopic (exact) mass is 345 g/mol. The summed E-state index contributed by atoms with van der Waals surface area (Å²) in [6.45, 7) is 3.86. The fourth-order valence-corrected chi connectivity index (χ4v) is 3.76. The summed E-state index contributed by atoms with van der Waals surface area (Å²) in [4.78, 5) is 11.9. The van der Waals surface area contributed by atoms with E-state index in [4.69, 9.17) is 9.47 Å². The lowest BCUT2D eigenvalue weighted by Gasteiger charge is -2.11. The minimum Gasteiger partial charge on any atom is -0.496 e. The number of hydrogen-bond acceptors (Lipinski definition) is 5. The molecule has 0 amide bonds. The van der Waals surface area contributed by atoms with Crippen molar-refractivity contribution in [2.45, 2.75) is 24.8 Å². The molecule has 0 aliphatic rings. The second-order valence-corrected chi connectivity index (χ2v) is 6.80. The van der Waals surface area contributed by atoms with Crippen molar-refractivity contribution < 1.29 is 13.7 Å². The highest BCUT2D eigenvalue weighted by molar-refractivity contribution is 7.84. The molecule has 0 aliphatic heterocycles. The molecule has 24 heavy (non-hydrogen) atoms. The fraction of sp³-hybridized carbons (Fsp3) is 0.294. The van der Waals surface area contributed by atoms with Gasteiger partial charge in [0.05, 0.1) is 42.0 Å². The molecule has 0 spiro atoms. The number of pyridine rings is 1. The van der Waals surface area contributed by atoms with Crippen molar-refractivity contribution in [3.05, 3.63) is 41.2 Å². The third-order valence-corrected chi connectivity index (χ3v) is 5.07. The SMILES string of the molecule is COc1c(C)cnc(CS(=O)c2nc3c(OC)cccc3[nH]2)c1C. The molecular formula is C17H19N3O3S. The van der Waals surface area contributed by atoms with Crippen LogP contribution in [0.15, 0.2) is 29.6 Å². The molecule has 1 aromatic carbocycles. The molecule has 0 bridgehead atoms. The van der Waals surface area contributed by atoms with Crippen LogP contribution in [0.3, 0.4) is 0 Å². The van der Waals surface area contributed by atoms with E-state index in [1.54, 1.807) is 20.4 Å². The summed E-state index contributed by atoms with van der Waals surface area (Å²) < 4.78 is 23.4. The normalized spacial score (nSPS) is 12.3. The molecule has 1 N–H and O–H groups in total. The van der Waals surface area contributed by atoms with Crippen LogP contribution in [0.4, 0.5) is 0 Å². The number of ether oxygens (including phenoxy) is 2. The number of nitrogens with zero attached hydrogens (tertiary/aromatic N) is 2. The van der Waals surface area contributed by atoms with Crippen molar-refractivity contribution >= 4 is 21.8 Å². The van der Waals surface area contributed by atoms with E-state index in [0.717, 1.165) is 28.1 Å². The number of methoxy groups -OCH3 is 2. The zero-order valence-corrected chi connectivity index (χ0v) is 14.9. The van der Waals surface area contributed by atoms with Crippen LogP contribution in [0.2, 0.25) is 0 Å². The Bertz CT molecular complexity index is 921. The second-order valence-electron chi connectivity index (χ2n) is 5.43. The summed E-state index contributed by atoms with van der Waals surface area (Å²) >= 11 is 0. The average Bonchev–Trinajstić information content (AvgIpc) is 3.02. The summed E-state index contributed by atoms with van der Waals surface area (Å²) in [5, 5.41) is 0.412. The molecule has 3 aromatic rings. The van der Waals surface area contributed by atoms with Crippen LogP contribution in [0.25, 0.3) is 11.0 Å². The third-order valence-electron chi connectivity index (χ3n) is 3.91. The van der Waals surface area contributed by atoms with Gasteiger partial charge in [0, 0.05) is 17.3 Å². The van der Waals surface area contributed by atoms with Crippen LogP contribution in [0.5, 0.6) is 11.5 Å². The van der Waals surface area contributed by atoms with E-state index in [-0.39, 0.29) is 5.75 Å². The lowest BCUT2D eigenvalue weighted by atomic mass is 10.1. The number of fused-ring (bicyclic) bond motifs is 1. The van der Waals surface area contributed by atoms with Gasteiger partial charge in [-0.15, -0.1) is 0 Å². The topological polar surface area (TPSA) is 77.1 Å². The molecule has 0 radical (unpaired) electrons. The van der Waals surface area contributed by atoms with Crippen molar-refractivity contribution in [1.82, 2.24) is 15.0 Å². The van der Waals surface area contributed by atoms with E-state index in [1.165, 1.54) is 0 Å². The van der Waals surface area contributed by atoms with Crippen LogP contribution < -0.4 is 9.47 Å². The molecule has 126 valence electrons. The van der Waals surface area contributed by atoms with Gasteiger partial charge in [0.1, 0.15) is 17.0 Å². The molecule has 0 saturated heterocycles. The molecule has 0 saturated carbocycles. The standard InChI is InChI=1S/C17H19N3O3S/c1-10-8-18-13(11(2)16(10)23-4)9-24(21)17-19-12-6-5-7-14(22-3)15(12)20-17/h5-8H,9H2,1-4H3,(H,19,20). The predicted octanol–water partition coefficient (Wildman–Crippen LogP) is 2.90. The maximum atomic E-state index is 12.7. The quantitative estimate of drug-likeness (QED) is 0.769. The first-order chi connectivity index (χ1) is 11.5. The van der Waals surface area contributed by atoms with Crippen molar-refractivity contribution in [2.24, 2.45) is 0 Å². The number of para-hydroxylation sites is 1. The van der Waals surface area contributed by atoms with Crippen molar-refractivity contribution in [2.75, 3.05) is 14.2 Å². The summed E-state index contributed by atoms with van der Waals surface area (Å²) in [5.41, 5.74) is 4.07. The van der Waals surface area contributed by atoms with Gasteiger partial charge in [-0.2, -0.15) is 0 Å². The van der Waals surface area contributed by atoms with Crippen LogP contribution in [0.1, 0.15) is 16.8 Å². The Balaban J connectivity index is 1.93. The Kier molecular flexibility index (Phi) is 4.53. The Morgan fingerprint density at radius 3 is 2.71 bits per heavy atom. The second kappa shape index (κ2) is 6.60. The van der Waals surface area contributed by atoms with Crippen molar-refractivity contribution in [3.63, 3.8) is 0 Å². The zero-order chi connectivity index (χ0) is 17.3. The number of aromatic amines is 1. The van der Waals surface area contributed by atoms with Crippen molar-refractivity contribution in [1.29, 1.82) is 0 Å². The van der Waals surface area contributed by atoms with Gasteiger partial charge >= 0.3 is 0 Å². The van der Waals surface area contributed by atoms with Crippen molar-refractivity contribution in [3.8, 4) is 11.5 Å². The van der Waals surface area contributed by atoms with E-state index in [2.05, 4.69) is 15.0 Å². The number of aromatic nitrogens is 3. The van der Waals surface area contributed by atoms with Crippen LogP contribution in [-0.4, -0.2) is 33.4 Å². The number of imidazole rings is 1. The maximum absolute atomic E-state index is 12.7. The summed E-state index contributed by atoms with van der Waals surface area (Å²) in [6.07, 6.45) is 1.74. The number of nitrogens with one attached hydrogen (secondary N) is 1. The summed E-state index contributed by atoms with van der Waals surface area (Å²) in [5.74, 6) is 1.70. The van der Waals surface area contributed by atoms with E-state index in [1.807, 2.05) is 32.0 Å². The first kappa shape index (κ1) is 16.4. The molecular weight excluding hydrogens is 326 g/mol. The van der Waals surface area contributed by atoms with E-state index in [9.17, 15) is 4.21 Å². The summed E-state index contributed by atoms with van der Waals surface area (Å²) in [6, 6.07) is 5.57. The van der Waals surface area contributed by atoms with Gasteiger partial charge in [0.25, 0.3) is 0 Å². The van der Waals surface area contributed by atoms with E-state index < -0.39 is 10.8 Å². The highest BCUT2D eigenvalue weighted by Crippen LogP contribution is 2.27. The highest BCUT2D eigenvalue weighted by atomic mass is 32.2. The molecule has 0 aliphatic carbocycles. The number of benzene rings is 1. The van der Waals surface area contributed by atoms with Gasteiger partial charge in [0.15, 0.2) is 5.16 Å². The largest absolute Gasteiger partial charge is 0.496 e. The minimum atomic E-state index is -1.34. The van der Waals surface area contributed by atoms with E-state index in [0.29, 0.717) is 16.4 Å². The predicted molar refractivity (Wildman–Crippen MR) is 93.0 cm³/mol. The number of hydrogen-bond donors (Lipinski definition) is 1. The number of rotatable bonds is 5. The molecule has 3 rings (SSSR count). The third kappa shape index (κ3) is 2.87.